The van der Waals surface area contributed by atoms with Gasteiger partial charge in [0.05, 0.1) is 18.6 Å². The Balaban J connectivity index is 1.19. The first-order valence-corrected chi connectivity index (χ1v) is 19.1. The van der Waals surface area contributed by atoms with Gasteiger partial charge in [-0.3, -0.25) is 29.4 Å². The van der Waals surface area contributed by atoms with Crippen molar-refractivity contribution in [2.75, 3.05) is 32.1 Å². The van der Waals surface area contributed by atoms with E-state index in [2.05, 4.69) is 33.2 Å². The molecule has 0 aliphatic heterocycles. The van der Waals surface area contributed by atoms with E-state index in [4.69, 9.17) is 0 Å². The van der Waals surface area contributed by atoms with Gasteiger partial charge < -0.3 is 16.0 Å². The Morgan fingerprint density at radius 2 is 1.38 bits per heavy atom. The Bertz CT molecular complexity index is 1350. The molecule has 0 saturated heterocycles. The predicted molar refractivity (Wildman–Crippen MR) is 191 cm³/mol. The topological polar surface area (TPSA) is 120 Å². The van der Waals surface area contributed by atoms with Crippen LogP contribution in [-0.2, 0) is 32.0 Å². The number of carbonyl (C=O) groups is 4. The normalized spacial score (nSPS) is 24.5. The lowest BCUT2D eigenvalue weighted by Gasteiger charge is -2.57. The smallest absolute Gasteiger partial charge is 0.245 e. The maximum absolute atomic E-state index is 13.8. The summed E-state index contributed by atoms with van der Waals surface area (Å²) in [5.41, 5.74) is 2.06. The molecule has 4 N–H and O–H groups in total. The molecule has 2 aromatic rings. The molecule has 4 fully saturated rings. The van der Waals surface area contributed by atoms with E-state index in [-0.39, 0.29) is 18.4 Å². The summed E-state index contributed by atoms with van der Waals surface area (Å²) >= 11 is 1.58. The molecule has 0 aromatic heterocycles. The molecule has 4 saturated carbocycles. The minimum atomic E-state index is -0.806. The van der Waals surface area contributed by atoms with Gasteiger partial charge in [0, 0.05) is 6.04 Å². The van der Waals surface area contributed by atoms with Gasteiger partial charge in [-0.25, -0.2) is 0 Å². The summed E-state index contributed by atoms with van der Waals surface area (Å²) < 4.78 is 0. The molecule has 0 radical (unpaired) electrons. The number of hydrogen-bond donors (Lipinski definition) is 4. The molecule has 6 rings (SSSR count). The third-order valence-electron chi connectivity index (χ3n) is 10.7. The number of amides is 4. The molecule has 0 unspecified atom stereocenters. The van der Waals surface area contributed by atoms with Crippen molar-refractivity contribution in [1.29, 1.82) is 0 Å². The highest BCUT2D eigenvalue weighted by Crippen LogP contribution is 2.55. The summed E-state index contributed by atoms with van der Waals surface area (Å²) in [6, 6.07) is 18.2. The van der Waals surface area contributed by atoms with E-state index in [1.165, 1.54) is 32.1 Å². The number of nitrogens with zero attached hydrogens (tertiary/aromatic N) is 1. The Hall–Kier alpha value is -3.21. The van der Waals surface area contributed by atoms with Gasteiger partial charge in [0.25, 0.3) is 0 Å². The van der Waals surface area contributed by atoms with Crippen LogP contribution in [0.5, 0.6) is 0 Å². The molecule has 10 heteroatoms. The highest BCUT2D eigenvalue weighted by molar-refractivity contribution is 7.98. The lowest BCUT2D eigenvalue weighted by Crippen LogP contribution is -2.61. The number of hydrogen-bond acceptors (Lipinski definition) is 7. The lowest BCUT2D eigenvalue weighted by molar-refractivity contribution is -0.137. The van der Waals surface area contributed by atoms with Crippen LogP contribution in [0.25, 0.3) is 0 Å². The number of rotatable bonds is 17. The zero-order valence-corrected chi connectivity index (χ0v) is 29.5. The lowest BCUT2D eigenvalue weighted by atomic mass is 9.53. The Morgan fingerprint density at radius 1 is 0.792 bits per heavy atom. The maximum Gasteiger partial charge on any atom is 0.245 e. The number of benzene rings is 2. The van der Waals surface area contributed by atoms with Crippen LogP contribution in [0.4, 0.5) is 0 Å². The summed E-state index contributed by atoms with van der Waals surface area (Å²) in [5, 5.41) is 11.4. The van der Waals surface area contributed by atoms with Gasteiger partial charge >= 0.3 is 0 Å². The first kappa shape index (κ1) is 36.1. The van der Waals surface area contributed by atoms with Crippen molar-refractivity contribution in [3.8, 4) is 0 Å². The number of likely N-dealkylation sites (N-methyl/N-ethyl adjacent to an activating group) is 2. The minimum absolute atomic E-state index is 0.266. The van der Waals surface area contributed by atoms with E-state index in [1.54, 1.807) is 11.8 Å². The minimum Gasteiger partial charge on any atom is -0.345 e. The fraction of sp³-hybridized carbons (Fsp3) is 0.579. The van der Waals surface area contributed by atoms with Crippen LogP contribution in [0, 0.1) is 23.7 Å². The number of thioether (sulfide) groups is 1. The van der Waals surface area contributed by atoms with E-state index in [1.807, 2.05) is 73.8 Å². The summed E-state index contributed by atoms with van der Waals surface area (Å²) in [7, 11) is 2.06. The van der Waals surface area contributed by atoms with Gasteiger partial charge in [0.2, 0.25) is 23.6 Å². The van der Waals surface area contributed by atoms with Crippen LogP contribution >= 0.6 is 11.8 Å². The van der Waals surface area contributed by atoms with E-state index < -0.39 is 29.9 Å². The molecular weight excluding hydrogens is 623 g/mol. The van der Waals surface area contributed by atoms with Gasteiger partial charge in [0.15, 0.2) is 0 Å². The second-order valence-corrected chi connectivity index (χ2v) is 15.1. The maximum atomic E-state index is 13.8. The van der Waals surface area contributed by atoms with Crippen LogP contribution < -0.4 is 21.3 Å². The highest BCUT2D eigenvalue weighted by Gasteiger charge is 2.51. The van der Waals surface area contributed by atoms with Crippen molar-refractivity contribution in [2.45, 2.75) is 82.5 Å². The Morgan fingerprint density at radius 3 is 1.94 bits per heavy atom. The molecule has 4 aliphatic carbocycles. The average Bonchev–Trinajstić information content (AvgIpc) is 3.08. The van der Waals surface area contributed by atoms with Crippen molar-refractivity contribution in [2.24, 2.45) is 23.7 Å². The van der Waals surface area contributed by atoms with Gasteiger partial charge in [-0.2, -0.15) is 11.8 Å². The van der Waals surface area contributed by atoms with E-state index in [0.29, 0.717) is 49.4 Å². The number of nitrogens with one attached hydrogen (secondary N) is 4. The monoisotopic (exact) mass is 675 g/mol. The summed E-state index contributed by atoms with van der Waals surface area (Å²) in [6.45, 7) is 2.19. The SMILES string of the molecule is CCN[C@@H](Cc1ccccc1)C(=O)N[C@H](CCSC)C(=O)NCC(=O)NC(=O)[C@H](Cc1ccccc1)N(C)C1C2CC3CC(C2)CC1C3. The third kappa shape index (κ3) is 9.48. The fourth-order valence-corrected chi connectivity index (χ4v) is 9.19. The summed E-state index contributed by atoms with van der Waals surface area (Å²) in [5.74, 6) is 1.90. The van der Waals surface area contributed by atoms with Crippen LogP contribution in [0.15, 0.2) is 60.7 Å². The van der Waals surface area contributed by atoms with Crippen molar-refractivity contribution in [3.05, 3.63) is 71.8 Å². The Labute approximate surface area is 290 Å². The largest absolute Gasteiger partial charge is 0.345 e. The van der Waals surface area contributed by atoms with Crippen molar-refractivity contribution in [3.63, 3.8) is 0 Å². The molecule has 4 bridgehead atoms. The first-order valence-electron chi connectivity index (χ1n) is 17.7. The zero-order valence-electron chi connectivity index (χ0n) is 28.7. The molecule has 260 valence electrons. The van der Waals surface area contributed by atoms with Crippen LogP contribution in [0.3, 0.4) is 0 Å². The highest BCUT2D eigenvalue weighted by atomic mass is 32.2. The third-order valence-corrected chi connectivity index (χ3v) is 11.3. The van der Waals surface area contributed by atoms with Gasteiger partial charge in [-0.05, 0) is 112 Å². The Kier molecular flexibility index (Phi) is 13.1. The molecule has 0 heterocycles. The standard InChI is InChI=1S/C38H53N5O4S/c1-4-39-32(22-25-11-7-5-8-12-25)37(46)41-31(15-16-48-3)36(45)40-24-34(44)42-38(47)33(23-26-13-9-6-10-14-26)43(2)35-29-18-27-17-28(20-29)21-30(35)19-27/h5-14,27-33,35,39H,4,15-24H2,1-3H3,(H,40,45)(H,41,46)(H,42,44,47)/t27?,28?,29?,30?,31-,32+,33+,35?/m1/s1. The first-order chi connectivity index (χ1) is 23.2. The summed E-state index contributed by atoms with van der Waals surface area (Å²) in [6.07, 6.45) is 9.67. The van der Waals surface area contributed by atoms with Crippen LogP contribution in [-0.4, -0.2) is 84.8 Å². The number of imide groups is 1. The van der Waals surface area contributed by atoms with E-state index in [0.717, 1.165) is 23.0 Å². The van der Waals surface area contributed by atoms with Crippen molar-refractivity contribution >= 4 is 35.4 Å². The second kappa shape index (κ2) is 17.4. The molecule has 2 aromatic carbocycles. The van der Waals surface area contributed by atoms with Crippen LogP contribution in [0.2, 0.25) is 0 Å². The molecular formula is C38H53N5O4S. The number of carbonyl (C=O) groups excluding carboxylic acids is 4. The fourth-order valence-electron chi connectivity index (χ4n) is 8.71. The molecule has 3 atom stereocenters. The van der Waals surface area contributed by atoms with Gasteiger partial charge in [0.1, 0.15) is 6.04 Å². The molecule has 0 spiro atoms. The molecule has 4 amide bonds. The predicted octanol–water partition coefficient (Wildman–Crippen LogP) is 3.57. The van der Waals surface area contributed by atoms with Gasteiger partial charge in [-0.15, -0.1) is 0 Å². The quantitative estimate of drug-likeness (QED) is 0.203. The summed E-state index contributed by atoms with van der Waals surface area (Å²) in [4.78, 5) is 55.9. The second-order valence-electron chi connectivity index (χ2n) is 14.1. The van der Waals surface area contributed by atoms with E-state index >= 15 is 0 Å². The van der Waals surface area contributed by atoms with Gasteiger partial charge in [-0.1, -0.05) is 67.6 Å². The molecule has 4 aliphatic rings. The van der Waals surface area contributed by atoms with Crippen molar-refractivity contribution in [1.82, 2.24) is 26.2 Å². The molecule has 9 nitrogen and oxygen atoms in total. The van der Waals surface area contributed by atoms with Crippen molar-refractivity contribution < 1.29 is 19.2 Å². The van der Waals surface area contributed by atoms with E-state index in [9.17, 15) is 19.2 Å². The molecule has 48 heavy (non-hydrogen) atoms. The average molecular weight is 676 g/mol. The zero-order chi connectivity index (χ0) is 34.0. The van der Waals surface area contributed by atoms with Crippen LogP contribution in [0.1, 0.15) is 56.6 Å².